The average Bonchev–Trinajstić information content (AvgIpc) is 2.58. The summed E-state index contributed by atoms with van der Waals surface area (Å²) in [5, 5.41) is 0.761. The molecule has 0 aromatic heterocycles. The molecule has 1 fully saturated rings. The first-order valence-electron chi connectivity index (χ1n) is 7.60. The van der Waals surface area contributed by atoms with Gasteiger partial charge in [-0.1, -0.05) is 41.6 Å². The number of benzene rings is 2. The summed E-state index contributed by atoms with van der Waals surface area (Å²) in [6, 6.07) is 16.4. The second-order valence-corrected chi connectivity index (χ2v) is 7.12. The van der Waals surface area contributed by atoms with Crippen molar-refractivity contribution in [3.63, 3.8) is 0 Å². The quantitative estimate of drug-likeness (QED) is 0.789. The monoisotopic (exact) mass is 369 g/mol. The van der Waals surface area contributed by atoms with Gasteiger partial charge < -0.3 is 10.5 Å². The molecule has 0 unspecified atom stereocenters. The van der Waals surface area contributed by atoms with Crippen LogP contribution in [0.25, 0.3) is 0 Å². The van der Waals surface area contributed by atoms with Crippen molar-refractivity contribution in [3.05, 3.63) is 59.1 Å². The summed E-state index contributed by atoms with van der Waals surface area (Å²) in [7, 11) is 0. The Bertz CT molecular complexity index is 615. The van der Waals surface area contributed by atoms with E-state index >= 15 is 0 Å². The molecule has 0 bridgehead atoms. The number of nitrogens with two attached hydrogens (primary N) is 1. The van der Waals surface area contributed by atoms with Gasteiger partial charge in [0.15, 0.2) is 0 Å². The normalized spacial score (nSPS) is 16.6. The van der Waals surface area contributed by atoms with Crippen LogP contribution in [-0.4, -0.2) is 13.2 Å². The summed E-state index contributed by atoms with van der Waals surface area (Å²) in [5.41, 5.74) is 7.79. The highest BCUT2D eigenvalue weighted by molar-refractivity contribution is 7.99. The third-order valence-electron chi connectivity index (χ3n) is 4.09. The number of halogens is 2. The van der Waals surface area contributed by atoms with Crippen molar-refractivity contribution in [3.8, 4) is 0 Å². The summed E-state index contributed by atoms with van der Waals surface area (Å²) in [4.78, 5) is 2.40. The lowest BCUT2D eigenvalue weighted by Crippen LogP contribution is -2.27. The largest absolute Gasteiger partial charge is 0.381 e. The smallest absolute Gasteiger partial charge is 0.0469 e. The van der Waals surface area contributed by atoms with Crippen LogP contribution < -0.4 is 5.73 Å². The molecular weight excluding hydrogens is 349 g/mol. The van der Waals surface area contributed by atoms with Gasteiger partial charge in [-0.25, -0.2) is 0 Å². The highest BCUT2D eigenvalue weighted by Crippen LogP contribution is 2.37. The lowest BCUT2D eigenvalue weighted by Gasteiger charge is -2.29. The van der Waals surface area contributed by atoms with Gasteiger partial charge in [-0.3, -0.25) is 0 Å². The Kier molecular flexibility index (Phi) is 7.25. The molecule has 1 heterocycles. The summed E-state index contributed by atoms with van der Waals surface area (Å²) in [5.74, 6) is 0.501. The molecule has 1 atom stereocenters. The summed E-state index contributed by atoms with van der Waals surface area (Å²) >= 11 is 7.70. The first-order valence-corrected chi connectivity index (χ1v) is 8.79. The molecule has 0 aliphatic carbocycles. The Morgan fingerprint density at radius 2 is 1.70 bits per heavy atom. The van der Waals surface area contributed by atoms with Crippen LogP contribution in [-0.2, 0) is 4.74 Å². The van der Waals surface area contributed by atoms with Crippen LogP contribution in [0.1, 0.15) is 24.4 Å². The summed E-state index contributed by atoms with van der Waals surface area (Å²) < 4.78 is 5.45. The molecule has 2 aromatic rings. The van der Waals surface area contributed by atoms with Gasteiger partial charge in [0.25, 0.3) is 0 Å². The van der Waals surface area contributed by atoms with Crippen LogP contribution >= 0.6 is 35.8 Å². The van der Waals surface area contributed by atoms with E-state index in [1.54, 1.807) is 11.8 Å². The molecule has 0 amide bonds. The fourth-order valence-corrected chi connectivity index (χ4v) is 3.93. The van der Waals surface area contributed by atoms with E-state index < -0.39 is 0 Å². The van der Waals surface area contributed by atoms with E-state index in [-0.39, 0.29) is 18.4 Å². The van der Waals surface area contributed by atoms with Crippen LogP contribution in [0.3, 0.4) is 0 Å². The highest BCUT2D eigenvalue weighted by atomic mass is 35.5. The van der Waals surface area contributed by atoms with E-state index in [1.807, 2.05) is 24.3 Å². The highest BCUT2D eigenvalue weighted by Gasteiger charge is 2.24. The van der Waals surface area contributed by atoms with Crippen LogP contribution in [0.5, 0.6) is 0 Å². The number of hydrogen-bond donors (Lipinski definition) is 1. The van der Waals surface area contributed by atoms with Gasteiger partial charge in [0.05, 0.1) is 0 Å². The standard InChI is InChI=1S/C18H20ClNOS.ClH/c19-14-5-7-15(8-6-14)22-17-4-2-1-3-16(17)18(20)13-9-11-21-12-10-13;/h1-8,13,18H,9-12,20H2;1H/t18-;/m1./s1. The minimum Gasteiger partial charge on any atom is -0.381 e. The van der Waals surface area contributed by atoms with Gasteiger partial charge in [0, 0.05) is 34.1 Å². The Morgan fingerprint density at radius 1 is 1.04 bits per heavy atom. The molecule has 1 aliphatic rings. The summed E-state index contributed by atoms with van der Waals surface area (Å²) in [6.07, 6.45) is 2.09. The van der Waals surface area contributed by atoms with E-state index in [2.05, 4.69) is 24.3 Å². The topological polar surface area (TPSA) is 35.2 Å². The Morgan fingerprint density at radius 3 is 2.39 bits per heavy atom. The van der Waals surface area contributed by atoms with Crippen molar-refractivity contribution in [2.75, 3.05) is 13.2 Å². The lowest BCUT2D eigenvalue weighted by molar-refractivity contribution is 0.0581. The lowest BCUT2D eigenvalue weighted by atomic mass is 9.88. The zero-order valence-corrected chi connectivity index (χ0v) is 15.2. The maximum absolute atomic E-state index is 6.56. The second kappa shape index (κ2) is 8.95. The molecule has 0 spiro atoms. The third-order valence-corrected chi connectivity index (χ3v) is 5.44. The molecule has 5 heteroatoms. The molecule has 0 saturated carbocycles. The van der Waals surface area contributed by atoms with Gasteiger partial charge in [-0.05, 0) is 54.7 Å². The van der Waals surface area contributed by atoms with Gasteiger partial charge in [0.1, 0.15) is 0 Å². The van der Waals surface area contributed by atoms with Crippen molar-refractivity contribution < 1.29 is 4.74 Å². The van der Waals surface area contributed by atoms with Crippen LogP contribution in [0.15, 0.2) is 58.3 Å². The zero-order chi connectivity index (χ0) is 15.4. The van der Waals surface area contributed by atoms with Crippen molar-refractivity contribution in [1.82, 2.24) is 0 Å². The predicted octanol–water partition coefficient (Wildman–Crippen LogP) is 5.34. The van der Waals surface area contributed by atoms with Gasteiger partial charge in [-0.15, -0.1) is 12.4 Å². The van der Waals surface area contributed by atoms with E-state index in [0.29, 0.717) is 5.92 Å². The van der Waals surface area contributed by atoms with Crippen LogP contribution in [0, 0.1) is 5.92 Å². The fourth-order valence-electron chi connectivity index (χ4n) is 2.81. The minimum absolute atomic E-state index is 0. The fraction of sp³-hybridized carbons (Fsp3) is 0.333. The molecule has 2 nitrogen and oxygen atoms in total. The maximum atomic E-state index is 6.56. The molecule has 23 heavy (non-hydrogen) atoms. The Hall–Kier alpha value is -0.710. The molecule has 1 saturated heterocycles. The first-order chi connectivity index (χ1) is 10.7. The minimum atomic E-state index is 0. The van der Waals surface area contributed by atoms with E-state index in [1.165, 1.54) is 15.4 Å². The van der Waals surface area contributed by atoms with Crippen molar-refractivity contribution in [1.29, 1.82) is 0 Å². The summed E-state index contributed by atoms with van der Waals surface area (Å²) in [6.45, 7) is 1.65. The Balaban J connectivity index is 0.00000192. The third kappa shape index (κ3) is 4.88. The predicted molar refractivity (Wildman–Crippen MR) is 99.7 cm³/mol. The van der Waals surface area contributed by atoms with Crippen LogP contribution in [0.4, 0.5) is 0 Å². The SMILES string of the molecule is Cl.N[C@@H](c1ccccc1Sc1ccc(Cl)cc1)C1CCOCC1. The molecular formula is C18H21Cl2NOS. The van der Waals surface area contributed by atoms with E-state index in [9.17, 15) is 0 Å². The number of rotatable bonds is 4. The van der Waals surface area contributed by atoms with Crippen molar-refractivity contribution in [2.45, 2.75) is 28.7 Å². The number of hydrogen-bond acceptors (Lipinski definition) is 3. The molecule has 3 rings (SSSR count). The van der Waals surface area contributed by atoms with Crippen molar-refractivity contribution in [2.24, 2.45) is 11.7 Å². The molecule has 2 N–H and O–H groups in total. The average molecular weight is 370 g/mol. The molecule has 1 aliphatic heterocycles. The Labute approximate surface area is 153 Å². The van der Waals surface area contributed by atoms with Gasteiger partial charge in [-0.2, -0.15) is 0 Å². The van der Waals surface area contributed by atoms with Gasteiger partial charge in [0.2, 0.25) is 0 Å². The van der Waals surface area contributed by atoms with Gasteiger partial charge >= 0.3 is 0 Å². The maximum Gasteiger partial charge on any atom is 0.0469 e. The zero-order valence-electron chi connectivity index (χ0n) is 12.8. The molecule has 2 aromatic carbocycles. The number of ether oxygens (including phenoxy) is 1. The molecule has 0 radical (unpaired) electrons. The van der Waals surface area contributed by atoms with E-state index in [4.69, 9.17) is 22.1 Å². The van der Waals surface area contributed by atoms with Crippen LogP contribution in [0.2, 0.25) is 5.02 Å². The first kappa shape index (κ1) is 18.6. The van der Waals surface area contributed by atoms with E-state index in [0.717, 1.165) is 31.1 Å². The second-order valence-electron chi connectivity index (χ2n) is 5.57. The van der Waals surface area contributed by atoms with Crippen molar-refractivity contribution >= 4 is 35.8 Å². The molecule has 124 valence electrons.